The fourth-order valence-electron chi connectivity index (χ4n) is 4.16. The van der Waals surface area contributed by atoms with Crippen LogP contribution in [-0.2, 0) is 13.1 Å². The van der Waals surface area contributed by atoms with Crippen LogP contribution in [0.3, 0.4) is 0 Å². The molecule has 0 fully saturated rings. The second-order valence-electron chi connectivity index (χ2n) is 8.66. The first kappa shape index (κ1) is 23.1. The molecule has 2 aromatic heterocycles. The molecule has 0 bridgehead atoms. The van der Waals surface area contributed by atoms with Gasteiger partial charge in [0.1, 0.15) is 11.5 Å². The Bertz CT molecular complexity index is 1570. The SMILES string of the molecule is Cc1ccc(CNC(=O)c2ccc3c(=O)n(-c4ccccc4)c(N(C)Cc4ccccc4)nc3c2)o1. The first-order chi connectivity index (χ1) is 17.5. The standard InChI is InChI=1S/C29H26N4O3/c1-20-13-15-24(36-20)18-30-27(34)22-14-16-25-26(17-22)31-29(32(2)19-21-9-5-3-6-10-21)33(28(25)35)23-11-7-4-8-12-23/h3-17H,18-19H2,1-2H3,(H,30,34). The topological polar surface area (TPSA) is 80.4 Å². The average Bonchev–Trinajstić information content (AvgIpc) is 3.33. The number of rotatable bonds is 7. The van der Waals surface area contributed by atoms with Crippen molar-refractivity contribution >= 4 is 22.8 Å². The van der Waals surface area contributed by atoms with Crippen molar-refractivity contribution in [1.82, 2.24) is 14.9 Å². The van der Waals surface area contributed by atoms with Crippen LogP contribution in [0.1, 0.15) is 27.4 Å². The van der Waals surface area contributed by atoms with Crippen LogP contribution in [0.4, 0.5) is 5.95 Å². The highest BCUT2D eigenvalue weighted by Crippen LogP contribution is 2.21. The Hall–Kier alpha value is -4.65. The molecule has 5 rings (SSSR count). The summed E-state index contributed by atoms with van der Waals surface area (Å²) < 4.78 is 7.14. The lowest BCUT2D eigenvalue weighted by Gasteiger charge is -2.23. The Morgan fingerprint density at radius 1 is 0.972 bits per heavy atom. The molecule has 0 aliphatic heterocycles. The number of aryl methyl sites for hydroxylation is 1. The summed E-state index contributed by atoms with van der Waals surface area (Å²) >= 11 is 0. The quantitative estimate of drug-likeness (QED) is 0.362. The third-order valence-corrected chi connectivity index (χ3v) is 5.95. The van der Waals surface area contributed by atoms with Gasteiger partial charge in [0, 0.05) is 19.2 Å². The second-order valence-corrected chi connectivity index (χ2v) is 8.66. The summed E-state index contributed by atoms with van der Waals surface area (Å²) in [6, 6.07) is 28.1. The number of anilines is 1. The van der Waals surface area contributed by atoms with Gasteiger partial charge in [-0.2, -0.15) is 0 Å². The zero-order valence-corrected chi connectivity index (χ0v) is 20.1. The van der Waals surface area contributed by atoms with Gasteiger partial charge < -0.3 is 14.6 Å². The van der Waals surface area contributed by atoms with Gasteiger partial charge in [0.2, 0.25) is 5.95 Å². The molecular formula is C29H26N4O3. The number of aromatic nitrogens is 2. The third kappa shape index (κ3) is 4.77. The van der Waals surface area contributed by atoms with Crippen molar-refractivity contribution in [3.8, 4) is 5.69 Å². The predicted octanol–water partition coefficient (Wildman–Crippen LogP) is 4.85. The monoisotopic (exact) mass is 478 g/mol. The van der Waals surface area contributed by atoms with Gasteiger partial charge >= 0.3 is 0 Å². The molecule has 0 spiro atoms. The van der Waals surface area contributed by atoms with E-state index in [1.807, 2.05) is 91.7 Å². The van der Waals surface area contributed by atoms with E-state index in [0.717, 1.165) is 17.0 Å². The van der Waals surface area contributed by atoms with E-state index < -0.39 is 0 Å². The highest BCUT2D eigenvalue weighted by Gasteiger charge is 2.18. The fraction of sp³-hybridized carbons (Fsp3) is 0.138. The lowest BCUT2D eigenvalue weighted by Crippen LogP contribution is -2.29. The molecule has 7 heteroatoms. The maximum Gasteiger partial charge on any atom is 0.267 e. The van der Waals surface area contributed by atoms with Gasteiger partial charge in [-0.15, -0.1) is 0 Å². The Morgan fingerprint density at radius 3 is 2.39 bits per heavy atom. The molecule has 36 heavy (non-hydrogen) atoms. The summed E-state index contributed by atoms with van der Waals surface area (Å²) in [5, 5.41) is 3.30. The number of carbonyl (C=O) groups is 1. The van der Waals surface area contributed by atoms with E-state index in [1.165, 1.54) is 0 Å². The smallest absolute Gasteiger partial charge is 0.267 e. The Labute approximate surface area is 208 Å². The van der Waals surface area contributed by atoms with Crippen molar-refractivity contribution in [2.45, 2.75) is 20.0 Å². The van der Waals surface area contributed by atoms with Gasteiger partial charge in [0.25, 0.3) is 11.5 Å². The van der Waals surface area contributed by atoms with Crippen LogP contribution in [0, 0.1) is 6.92 Å². The molecule has 0 aliphatic carbocycles. The van der Waals surface area contributed by atoms with Crippen molar-refractivity contribution in [2.75, 3.05) is 11.9 Å². The number of carbonyl (C=O) groups excluding carboxylic acids is 1. The number of nitrogens with one attached hydrogen (secondary N) is 1. The minimum Gasteiger partial charge on any atom is -0.465 e. The fourth-order valence-corrected chi connectivity index (χ4v) is 4.16. The molecule has 180 valence electrons. The average molecular weight is 479 g/mol. The summed E-state index contributed by atoms with van der Waals surface area (Å²) in [6.07, 6.45) is 0. The van der Waals surface area contributed by atoms with Crippen LogP contribution < -0.4 is 15.8 Å². The van der Waals surface area contributed by atoms with E-state index >= 15 is 0 Å². The normalized spacial score (nSPS) is 10.9. The third-order valence-electron chi connectivity index (χ3n) is 5.95. The van der Waals surface area contributed by atoms with Gasteiger partial charge in [0.15, 0.2) is 0 Å². The molecule has 1 N–H and O–H groups in total. The van der Waals surface area contributed by atoms with Crippen LogP contribution in [0.25, 0.3) is 16.6 Å². The molecule has 2 heterocycles. The van der Waals surface area contributed by atoms with Crippen molar-refractivity contribution in [1.29, 1.82) is 0 Å². The second kappa shape index (κ2) is 9.92. The number of hydrogen-bond acceptors (Lipinski definition) is 5. The molecule has 0 saturated heterocycles. The van der Waals surface area contributed by atoms with Crippen molar-refractivity contribution in [3.63, 3.8) is 0 Å². The lowest BCUT2D eigenvalue weighted by atomic mass is 10.1. The Balaban J connectivity index is 1.54. The number of nitrogens with zero attached hydrogens (tertiary/aromatic N) is 3. The summed E-state index contributed by atoms with van der Waals surface area (Å²) in [7, 11) is 1.90. The van der Waals surface area contributed by atoms with Crippen molar-refractivity contribution in [3.05, 3.63) is 124 Å². The van der Waals surface area contributed by atoms with E-state index in [9.17, 15) is 9.59 Å². The van der Waals surface area contributed by atoms with E-state index in [1.54, 1.807) is 22.8 Å². The van der Waals surface area contributed by atoms with Crippen LogP contribution in [0.2, 0.25) is 0 Å². The van der Waals surface area contributed by atoms with E-state index in [2.05, 4.69) is 5.32 Å². The molecule has 7 nitrogen and oxygen atoms in total. The van der Waals surface area contributed by atoms with Gasteiger partial charge in [-0.05, 0) is 55.0 Å². The predicted molar refractivity (Wildman–Crippen MR) is 141 cm³/mol. The number of hydrogen-bond donors (Lipinski definition) is 1. The number of benzene rings is 3. The largest absolute Gasteiger partial charge is 0.465 e. The van der Waals surface area contributed by atoms with Gasteiger partial charge in [-0.25, -0.2) is 9.55 Å². The van der Waals surface area contributed by atoms with Crippen LogP contribution in [0.15, 0.2) is 100 Å². The highest BCUT2D eigenvalue weighted by molar-refractivity contribution is 5.97. The Kier molecular flexibility index (Phi) is 6.36. The summed E-state index contributed by atoms with van der Waals surface area (Å²) in [6.45, 7) is 2.70. The molecule has 0 unspecified atom stereocenters. The maximum atomic E-state index is 13.7. The molecule has 5 aromatic rings. The maximum absolute atomic E-state index is 13.7. The summed E-state index contributed by atoms with van der Waals surface area (Å²) in [5.41, 5.74) is 2.51. The van der Waals surface area contributed by atoms with E-state index in [4.69, 9.17) is 9.40 Å². The van der Waals surface area contributed by atoms with Crippen LogP contribution in [0.5, 0.6) is 0 Å². The van der Waals surface area contributed by atoms with Crippen LogP contribution in [-0.4, -0.2) is 22.5 Å². The number of furan rings is 1. The highest BCUT2D eigenvalue weighted by atomic mass is 16.3. The van der Waals surface area contributed by atoms with Gasteiger partial charge in [0.05, 0.1) is 23.1 Å². The minimum atomic E-state index is -0.265. The molecular weight excluding hydrogens is 452 g/mol. The lowest BCUT2D eigenvalue weighted by molar-refractivity contribution is 0.0948. The molecule has 1 amide bonds. The number of para-hydroxylation sites is 1. The molecule has 0 aliphatic rings. The molecule has 0 atom stereocenters. The van der Waals surface area contributed by atoms with E-state index in [0.29, 0.717) is 34.7 Å². The number of amides is 1. The minimum absolute atomic E-state index is 0.195. The zero-order valence-electron chi connectivity index (χ0n) is 20.1. The first-order valence-corrected chi connectivity index (χ1v) is 11.7. The Morgan fingerprint density at radius 2 is 1.69 bits per heavy atom. The molecule has 3 aromatic carbocycles. The van der Waals surface area contributed by atoms with Crippen molar-refractivity contribution < 1.29 is 9.21 Å². The van der Waals surface area contributed by atoms with Gasteiger partial charge in [-0.1, -0.05) is 48.5 Å². The summed E-state index contributed by atoms with van der Waals surface area (Å²) in [5.74, 6) is 1.69. The zero-order chi connectivity index (χ0) is 25.1. The molecule has 0 saturated carbocycles. The van der Waals surface area contributed by atoms with Crippen molar-refractivity contribution in [2.24, 2.45) is 0 Å². The van der Waals surface area contributed by atoms with Gasteiger partial charge in [-0.3, -0.25) is 9.59 Å². The number of fused-ring (bicyclic) bond motifs is 1. The first-order valence-electron chi connectivity index (χ1n) is 11.7. The molecule has 0 radical (unpaired) electrons. The van der Waals surface area contributed by atoms with E-state index in [-0.39, 0.29) is 18.0 Å². The van der Waals surface area contributed by atoms with Crippen LogP contribution >= 0.6 is 0 Å². The summed E-state index contributed by atoms with van der Waals surface area (Å²) in [4.78, 5) is 33.3.